The zero-order valence-corrected chi connectivity index (χ0v) is 18.5. The van der Waals surface area contributed by atoms with Gasteiger partial charge < -0.3 is 15.2 Å². The number of fused-ring (bicyclic) bond motifs is 4. The molecular formula is C26H24FN5O. The van der Waals surface area contributed by atoms with Crippen LogP contribution in [0.2, 0.25) is 0 Å². The summed E-state index contributed by atoms with van der Waals surface area (Å²) in [5, 5.41) is 3.09. The Kier molecular flexibility index (Phi) is 4.30. The van der Waals surface area contributed by atoms with Gasteiger partial charge in [0.2, 0.25) is 0 Å². The molecule has 2 aliphatic rings. The first-order chi connectivity index (χ1) is 15.9. The van der Waals surface area contributed by atoms with E-state index in [1.54, 1.807) is 18.6 Å². The van der Waals surface area contributed by atoms with Gasteiger partial charge in [-0.25, -0.2) is 19.2 Å². The normalized spacial score (nSPS) is 18.4. The minimum Gasteiger partial charge on any atom is -0.354 e. The van der Waals surface area contributed by atoms with Crippen molar-refractivity contribution in [2.75, 3.05) is 11.9 Å². The van der Waals surface area contributed by atoms with E-state index >= 15 is 0 Å². The quantitative estimate of drug-likeness (QED) is 0.438. The molecule has 7 heteroatoms. The number of aromatic nitrogens is 3. The molecule has 0 saturated heterocycles. The first-order valence-electron chi connectivity index (χ1n) is 11.2. The van der Waals surface area contributed by atoms with Crippen molar-refractivity contribution in [3.05, 3.63) is 88.8 Å². The number of carbonyl (C=O) groups is 1. The monoisotopic (exact) mass is 441 g/mol. The van der Waals surface area contributed by atoms with Crippen molar-refractivity contribution in [3.63, 3.8) is 0 Å². The second kappa shape index (κ2) is 7.13. The highest BCUT2D eigenvalue weighted by atomic mass is 19.1. The summed E-state index contributed by atoms with van der Waals surface area (Å²) in [6, 6.07) is 11.8. The summed E-state index contributed by atoms with van der Waals surface area (Å²) >= 11 is 0. The Morgan fingerprint density at radius 3 is 2.70 bits per heavy atom. The molecule has 1 fully saturated rings. The molecule has 1 atom stereocenters. The van der Waals surface area contributed by atoms with Gasteiger partial charge in [0.25, 0.3) is 0 Å². The molecule has 0 bridgehead atoms. The molecule has 33 heavy (non-hydrogen) atoms. The third-order valence-electron chi connectivity index (χ3n) is 6.83. The number of amides is 2. The van der Waals surface area contributed by atoms with Crippen molar-refractivity contribution in [2.45, 2.75) is 38.1 Å². The lowest BCUT2D eigenvalue weighted by atomic mass is 9.84. The summed E-state index contributed by atoms with van der Waals surface area (Å²) < 4.78 is 14.3. The molecule has 2 amide bonds. The maximum absolute atomic E-state index is 14.3. The number of halogens is 1. The van der Waals surface area contributed by atoms with Crippen LogP contribution < -0.4 is 5.32 Å². The number of hydrogen-bond donors (Lipinski definition) is 2. The smallest absolute Gasteiger partial charge is 0.322 e. The minimum absolute atomic E-state index is 0.133. The predicted molar refractivity (Wildman–Crippen MR) is 125 cm³/mol. The van der Waals surface area contributed by atoms with Crippen LogP contribution in [0.5, 0.6) is 0 Å². The molecule has 1 spiro atoms. The largest absolute Gasteiger partial charge is 0.354 e. The molecule has 166 valence electrons. The average molecular weight is 442 g/mol. The fourth-order valence-corrected chi connectivity index (χ4v) is 5.36. The molecule has 6 rings (SSSR count). The van der Waals surface area contributed by atoms with Gasteiger partial charge in [0.05, 0.1) is 23.3 Å². The van der Waals surface area contributed by atoms with E-state index in [4.69, 9.17) is 0 Å². The Bertz CT molecular complexity index is 1390. The maximum Gasteiger partial charge on any atom is 0.322 e. The van der Waals surface area contributed by atoms with Gasteiger partial charge in [-0.05, 0) is 67.6 Å². The van der Waals surface area contributed by atoms with Crippen molar-refractivity contribution in [1.29, 1.82) is 0 Å². The Balaban J connectivity index is 1.49. The number of anilines is 1. The summed E-state index contributed by atoms with van der Waals surface area (Å²) in [4.78, 5) is 27.7. The highest BCUT2D eigenvalue weighted by Gasteiger charge is 2.55. The summed E-state index contributed by atoms with van der Waals surface area (Å²) in [6.07, 6.45) is 5.29. The molecule has 3 heterocycles. The van der Waals surface area contributed by atoms with Crippen molar-refractivity contribution < 1.29 is 9.18 Å². The molecule has 6 nitrogen and oxygen atoms in total. The van der Waals surface area contributed by atoms with Gasteiger partial charge in [0, 0.05) is 28.9 Å². The fraction of sp³-hybridized carbons (Fsp3) is 0.269. The molecular weight excluding hydrogens is 417 g/mol. The van der Waals surface area contributed by atoms with Crippen LogP contribution in [0.15, 0.2) is 55.0 Å². The van der Waals surface area contributed by atoms with Crippen molar-refractivity contribution in [3.8, 4) is 0 Å². The summed E-state index contributed by atoms with van der Waals surface area (Å²) in [7, 11) is 0. The summed E-state index contributed by atoms with van der Waals surface area (Å²) in [5.74, 6) is -0.327. The highest BCUT2D eigenvalue weighted by molar-refractivity contribution is 5.92. The van der Waals surface area contributed by atoms with E-state index in [1.807, 2.05) is 36.9 Å². The van der Waals surface area contributed by atoms with Gasteiger partial charge in [0.15, 0.2) is 0 Å². The average Bonchev–Trinajstić information content (AvgIpc) is 3.41. The molecule has 1 unspecified atom stereocenters. The molecule has 1 aliphatic carbocycles. The number of nitrogens with one attached hydrogen (secondary N) is 2. The zero-order chi connectivity index (χ0) is 22.7. The van der Waals surface area contributed by atoms with Gasteiger partial charge in [0.1, 0.15) is 12.1 Å². The first kappa shape index (κ1) is 19.9. The Morgan fingerprint density at radius 2 is 1.97 bits per heavy atom. The van der Waals surface area contributed by atoms with E-state index in [1.165, 1.54) is 12.1 Å². The van der Waals surface area contributed by atoms with E-state index in [9.17, 15) is 9.18 Å². The Labute approximate surface area is 190 Å². The Morgan fingerprint density at radius 1 is 1.18 bits per heavy atom. The van der Waals surface area contributed by atoms with Crippen LogP contribution in [0, 0.1) is 19.7 Å². The third-order valence-corrected chi connectivity index (χ3v) is 6.83. The van der Waals surface area contributed by atoms with Crippen molar-refractivity contribution in [1.82, 2.24) is 19.9 Å². The lowest BCUT2D eigenvalue weighted by Crippen LogP contribution is -2.47. The molecule has 2 N–H and O–H groups in total. The first-order valence-corrected chi connectivity index (χ1v) is 11.2. The van der Waals surface area contributed by atoms with Gasteiger partial charge in [-0.3, -0.25) is 0 Å². The van der Waals surface area contributed by atoms with E-state index in [-0.39, 0.29) is 17.3 Å². The van der Waals surface area contributed by atoms with Crippen LogP contribution in [0.3, 0.4) is 0 Å². The number of nitrogens with zero attached hydrogens (tertiary/aromatic N) is 3. The van der Waals surface area contributed by atoms with Crippen LogP contribution >= 0.6 is 0 Å². The lowest BCUT2D eigenvalue weighted by Gasteiger charge is -2.40. The van der Waals surface area contributed by atoms with Crippen LogP contribution in [-0.4, -0.2) is 32.4 Å². The number of carbonyl (C=O) groups excluding carboxylic acids is 1. The van der Waals surface area contributed by atoms with Crippen LogP contribution in [0.4, 0.5) is 14.9 Å². The number of urea groups is 1. The topological polar surface area (TPSA) is 73.9 Å². The van der Waals surface area contributed by atoms with Gasteiger partial charge in [-0.15, -0.1) is 0 Å². The van der Waals surface area contributed by atoms with Gasteiger partial charge in [-0.1, -0.05) is 18.2 Å². The maximum atomic E-state index is 14.3. The molecule has 0 radical (unpaired) electrons. The molecule has 4 aromatic rings. The summed E-state index contributed by atoms with van der Waals surface area (Å²) in [6.45, 7) is 4.57. The number of aryl methyl sites for hydroxylation is 2. The molecule has 2 aromatic carbocycles. The molecule has 2 aromatic heterocycles. The number of H-pyrrole nitrogens is 1. The molecule has 1 aliphatic heterocycles. The lowest BCUT2D eigenvalue weighted by molar-refractivity contribution is 0.181. The fourth-order valence-electron chi connectivity index (χ4n) is 5.36. The van der Waals surface area contributed by atoms with Crippen molar-refractivity contribution >= 4 is 22.8 Å². The number of benzene rings is 2. The minimum atomic E-state index is -0.456. The van der Waals surface area contributed by atoms with Gasteiger partial charge in [-0.2, -0.15) is 0 Å². The standard InChI is InChI=1S/C26H24FN5O/c1-15-8-16(2)10-19(9-15)30-25(33)32-13-26(6-7-26)21-22-20(12-28-14-29-22)31-23(21)24(32)17-4-3-5-18(27)11-17/h3-5,8-12,14,24,31H,6-7,13H2,1-2H3,(H,30,33). The van der Waals surface area contributed by atoms with E-state index in [0.29, 0.717) is 6.54 Å². The second-order valence-corrected chi connectivity index (χ2v) is 9.37. The third kappa shape index (κ3) is 3.26. The summed E-state index contributed by atoms with van der Waals surface area (Å²) in [5.41, 5.74) is 7.29. The van der Waals surface area contributed by atoms with E-state index in [0.717, 1.165) is 57.5 Å². The SMILES string of the molecule is Cc1cc(C)cc(NC(=O)N2CC3(CC3)c3c([nH]c4cncnc34)C2c2cccc(F)c2)c1. The number of rotatable bonds is 2. The predicted octanol–water partition coefficient (Wildman–Crippen LogP) is 5.38. The van der Waals surface area contributed by atoms with Crippen LogP contribution in [-0.2, 0) is 5.41 Å². The molecule has 1 saturated carbocycles. The van der Waals surface area contributed by atoms with Crippen LogP contribution in [0.1, 0.15) is 46.8 Å². The zero-order valence-electron chi connectivity index (χ0n) is 18.5. The van der Waals surface area contributed by atoms with E-state index in [2.05, 4.69) is 26.3 Å². The number of aromatic amines is 1. The number of hydrogen-bond acceptors (Lipinski definition) is 3. The van der Waals surface area contributed by atoms with Crippen LogP contribution in [0.25, 0.3) is 11.0 Å². The second-order valence-electron chi connectivity index (χ2n) is 9.37. The van der Waals surface area contributed by atoms with Crippen molar-refractivity contribution in [2.24, 2.45) is 0 Å². The van der Waals surface area contributed by atoms with E-state index < -0.39 is 6.04 Å². The Hall–Kier alpha value is -3.74. The van der Waals surface area contributed by atoms with Gasteiger partial charge >= 0.3 is 6.03 Å². The highest BCUT2D eigenvalue weighted by Crippen LogP contribution is 2.57.